The summed E-state index contributed by atoms with van der Waals surface area (Å²) in [5.41, 5.74) is 5.69. The van der Waals surface area contributed by atoms with Crippen molar-refractivity contribution in [3.63, 3.8) is 0 Å². The van der Waals surface area contributed by atoms with Gasteiger partial charge < -0.3 is 9.32 Å². The maximum absolute atomic E-state index is 13.3. The lowest BCUT2D eigenvalue weighted by Gasteiger charge is -2.39. The number of carbonyl (C=O) groups is 1. The molecule has 4 aromatic rings. The lowest BCUT2D eigenvalue weighted by atomic mass is 9.94. The number of rotatable bonds is 3. The number of anilines is 1. The molecule has 0 N–H and O–H groups in total. The minimum Gasteiger partial charge on any atom is -0.431 e. The molecule has 0 saturated carbocycles. The van der Waals surface area contributed by atoms with Gasteiger partial charge in [-0.25, -0.2) is 4.98 Å². The predicted octanol–water partition coefficient (Wildman–Crippen LogP) is 6.41. The van der Waals surface area contributed by atoms with E-state index in [-0.39, 0.29) is 17.2 Å². The van der Waals surface area contributed by atoms with Crippen molar-refractivity contribution < 1.29 is 9.21 Å². The predicted molar refractivity (Wildman–Crippen MR) is 121 cm³/mol. The summed E-state index contributed by atoms with van der Waals surface area (Å²) in [6.45, 7) is 4.20. The number of nitrogens with zero attached hydrogens (tertiary/aromatic N) is 2. The normalized spacial score (nSPS) is 18.4. The van der Waals surface area contributed by atoms with E-state index in [4.69, 9.17) is 4.42 Å². The summed E-state index contributed by atoms with van der Waals surface area (Å²) in [7, 11) is 0. The molecule has 2 heterocycles. The third-order valence-corrected chi connectivity index (χ3v) is 6.65. The first kappa shape index (κ1) is 18.9. The van der Waals surface area contributed by atoms with Gasteiger partial charge in [0.2, 0.25) is 0 Å². The van der Waals surface area contributed by atoms with Crippen LogP contribution in [0.1, 0.15) is 40.1 Å². The Hall–Kier alpha value is -3.05. The van der Waals surface area contributed by atoms with Crippen LogP contribution in [0.3, 0.4) is 0 Å². The summed E-state index contributed by atoms with van der Waals surface area (Å²) in [5, 5.41) is 0.839. The minimum atomic E-state index is 0.0403. The Balaban J connectivity index is 1.52. The molecule has 1 aromatic heterocycles. The first-order chi connectivity index (χ1) is 14.6. The van der Waals surface area contributed by atoms with E-state index < -0.39 is 0 Å². The first-order valence-electron chi connectivity index (χ1n) is 10.1. The number of hydrogen-bond donors (Lipinski definition) is 0. The van der Waals surface area contributed by atoms with Crippen molar-refractivity contribution >= 4 is 34.5 Å². The SMILES string of the molecule is Cc1ccc2c(c1)[C@@H](Sc1nc3ccccc3o1)C[C@H](C)N2C(=O)c1ccccc1. The number of amides is 1. The van der Waals surface area contributed by atoms with Gasteiger partial charge in [0.15, 0.2) is 5.58 Å². The smallest absolute Gasteiger partial charge is 0.258 e. The highest BCUT2D eigenvalue weighted by Crippen LogP contribution is 2.48. The molecule has 5 heteroatoms. The number of fused-ring (bicyclic) bond motifs is 2. The Kier molecular flexibility index (Phi) is 4.83. The van der Waals surface area contributed by atoms with Gasteiger partial charge >= 0.3 is 0 Å². The maximum Gasteiger partial charge on any atom is 0.258 e. The second-order valence-electron chi connectivity index (χ2n) is 7.74. The zero-order valence-corrected chi connectivity index (χ0v) is 17.7. The molecule has 0 fully saturated rings. The topological polar surface area (TPSA) is 46.3 Å². The molecule has 5 rings (SSSR count). The first-order valence-corrected chi connectivity index (χ1v) is 11.0. The van der Waals surface area contributed by atoms with Crippen molar-refractivity contribution in [3.8, 4) is 0 Å². The Morgan fingerprint density at radius 3 is 2.63 bits per heavy atom. The van der Waals surface area contributed by atoms with Crippen LogP contribution >= 0.6 is 11.8 Å². The van der Waals surface area contributed by atoms with Crippen molar-refractivity contribution in [2.24, 2.45) is 0 Å². The van der Waals surface area contributed by atoms with Crippen LogP contribution in [0.25, 0.3) is 11.1 Å². The fraction of sp³-hybridized carbons (Fsp3) is 0.200. The summed E-state index contributed by atoms with van der Waals surface area (Å²) in [6, 6.07) is 23.7. The van der Waals surface area contributed by atoms with Crippen LogP contribution in [0.2, 0.25) is 0 Å². The van der Waals surface area contributed by atoms with Crippen molar-refractivity contribution in [2.75, 3.05) is 4.90 Å². The maximum atomic E-state index is 13.3. The highest BCUT2D eigenvalue weighted by Gasteiger charge is 2.35. The molecule has 0 saturated heterocycles. The Morgan fingerprint density at radius 1 is 1.07 bits per heavy atom. The largest absolute Gasteiger partial charge is 0.431 e. The van der Waals surface area contributed by atoms with Gasteiger partial charge in [-0.15, -0.1) is 0 Å². The van der Waals surface area contributed by atoms with E-state index in [0.29, 0.717) is 10.8 Å². The third kappa shape index (κ3) is 3.39. The van der Waals surface area contributed by atoms with Gasteiger partial charge in [-0.2, -0.15) is 0 Å². The second-order valence-corrected chi connectivity index (χ2v) is 8.90. The zero-order valence-electron chi connectivity index (χ0n) is 16.9. The Bertz CT molecular complexity index is 1190. The fourth-order valence-electron chi connectivity index (χ4n) is 4.09. The average molecular weight is 415 g/mol. The highest BCUT2D eigenvalue weighted by atomic mass is 32.2. The van der Waals surface area contributed by atoms with Crippen LogP contribution < -0.4 is 4.90 Å². The molecule has 3 aromatic carbocycles. The summed E-state index contributed by atoms with van der Waals surface area (Å²) in [4.78, 5) is 19.9. The van der Waals surface area contributed by atoms with E-state index in [9.17, 15) is 4.79 Å². The molecule has 1 aliphatic heterocycles. The molecular formula is C25H22N2O2S. The molecule has 2 atom stereocenters. The van der Waals surface area contributed by atoms with Crippen LogP contribution in [0, 0.1) is 6.92 Å². The van der Waals surface area contributed by atoms with Gasteiger partial charge in [0.1, 0.15) is 5.52 Å². The summed E-state index contributed by atoms with van der Waals surface area (Å²) in [6.07, 6.45) is 0.832. The van der Waals surface area contributed by atoms with Crippen LogP contribution in [-0.4, -0.2) is 16.9 Å². The fourth-order valence-corrected chi connectivity index (χ4v) is 5.32. The number of hydrogen-bond acceptors (Lipinski definition) is 4. The number of para-hydroxylation sites is 2. The van der Waals surface area contributed by atoms with E-state index in [0.717, 1.165) is 28.8 Å². The molecule has 0 bridgehead atoms. The van der Waals surface area contributed by atoms with Gasteiger partial charge in [-0.1, -0.05) is 59.8 Å². The molecule has 0 unspecified atom stereocenters. The van der Waals surface area contributed by atoms with Gasteiger partial charge in [0.25, 0.3) is 11.1 Å². The van der Waals surface area contributed by atoms with Gasteiger partial charge in [0, 0.05) is 22.5 Å². The minimum absolute atomic E-state index is 0.0403. The molecule has 4 nitrogen and oxygen atoms in total. The van der Waals surface area contributed by atoms with Gasteiger partial charge in [0.05, 0.1) is 0 Å². The monoisotopic (exact) mass is 414 g/mol. The lowest BCUT2D eigenvalue weighted by Crippen LogP contribution is -2.43. The quantitative estimate of drug-likeness (QED) is 0.389. The summed E-state index contributed by atoms with van der Waals surface area (Å²) >= 11 is 1.64. The molecule has 0 spiro atoms. The van der Waals surface area contributed by atoms with Crippen molar-refractivity contribution in [1.82, 2.24) is 4.98 Å². The van der Waals surface area contributed by atoms with Gasteiger partial charge in [-0.05, 0) is 56.2 Å². The molecule has 0 radical (unpaired) electrons. The van der Waals surface area contributed by atoms with Crippen LogP contribution in [-0.2, 0) is 0 Å². The zero-order chi connectivity index (χ0) is 20.7. The number of aromatic nitrogens is 1. The van der Waals surface area contributed by atoms with E-state index in [1.54, 1.807) is 11.8 Å². The van der Waals surface area contributed by atoms with Crippen molar-refractivity contribution in [1.29, 1.82) is 0 Å². The highest BCUT2D eigenvalue weighted by molar-refractivity contribution is 7.99. The molecule has 0 aliphatic carbocycles. The van der Waals surface area contributed by atoms with Crippen molar-refractivity contribution in [2.45, 2.75) is 36.8 Å². The molecule has 30 heavy (non-hydrogen) atoms. The van der Waals surface area contributed by atoms with E-state index in [1.807, 2.05) is 59.5 Å². The Labute approximate surface area is 179 Å². The number of aryl methyl sites for hydroxylation is 1. The lowest BCUT2D eigenvalue weighted by molar-refractivity contribution is 0.0975. The molecule has 1 aliphatic rings. The summed E-state index contributed by atoms with van der Waals surface area (Å²) in [5.74, 6) is 0.0403. The standard InChI is InChI=1S/C25H22N2O2S/c1-16-12-13-21-19(14-16)23(30-25-26-20-10-6-7-11-22(20)29-25)15-17(2)27(21)24(28)18-8-4-3-5-9-18/h3-14,17,23H,15H2,1-2H3/t17-,23-/m0/s1. The van der Waals surface area contributed by atoms with Crippen LogP contribution in [0.5, 0.6) is 0 Å². The van der Waals surface area contributed by atoms with Crippen LogP contribution in [0.4, 0.5) is 5.69 Å². The molecule has 1 amide bonds. The van der Waals surface area contributed by atoms with Crippen LogP contribution in [0.15, 0.2) is 82.4 Å². The second kappa shape index (κ2) is 7.65. The number of oxazole rings is 1. The van der Waals surface area contributed by atoms with Gasteiger partial charge in [-0.3, -0.25) is 4.79 Å². The van der Waals surface area contributed by atoms with E-state index in [1.165, 1.54) is 5.56 Å². The number of carbonyl (C=O) groups excluding carboxylic acids is 1. The molecule has 150 valence electrons. The Morgan fingerprint density at radius 2 is 1.83 bits per heavy atom. The summed E-state index contributed by atoms with van der Waals surface area (Å²) < 4.78 is 5.97. The van der Waals surface area contributed by atoms with Crippen molar-refractivity contribution in [3.05, 3.63) is 89.5 Å². The number of thioether (sulfide) groups is 1. The average Bonchev–Trinajstić information content (AvgIpc) is 3.17. The third-order valence-electron chi connectivity index (χ3n) is 5.54. The molecular weight excluding hydrogens is 392 g/mol. The number of benzene rings is 3. The van der Waals surface area contributed by atoms with E-state index in [2.05, 4.69) is 37.0 Å². The van der Waals surface area contributed by atoms with E-state index >= 15 is 0 Å².